The van der Waals surface area contributed by atoms with Crippen molar-refractivity contribution in [2.24, 2.45) is 4.99 Å². The number of thioether (sulfide) groups is 1. The second-order valence-electron chi connectivity index (χ2n) is 6.12. The smallest absolute Gasteiger partial charge is 0.422 e. The molecule has 146 valence electrons. The van der Waals surface area contributed by atoms with Crippen molar-refractivity contribution in [2.45, 2.75) is 45.5 Å². The SMILES string of the molecule is CCC/C(=N\c1ccccc1C)SCc1nccc(OCC(F)(F)F)c1C. The minimum atomic E-state index is -4.36. The van der Waals surface area contributed by atoms with E-state index in [1.165, 1.54) is 12.3 Å². The lowest BCUT2D eigenvalue weighted by Crippen LogP contribution is -2.19. The van der Waals surface area contributed by atoms with Gasteiger partial charge in [-0.3, -0.25) is 4.98 Å². The zero-order valence-corrected chi connectivity index (χ0v) is 16.5. The zero-order valence-electron chi connectivity index (χ0n) is 15.6. The topological polar surface area (TPSA) is 34.5 Å². The number of nitrogens with zero attached hydrogens (tertiary/aromatic N) is 2. The Morgan fingerprint density at radius 3 is 2.59 bits per heavy atom. The van der Waals surface area contributed by atoms with E-state index in [-0.39, 0.29) is 5.75 Å². The van der Waals surface area contributed by atoms with Crippen molar-refractivity contribution in [1.82, 2.24) is 4.98 Å². The Morgan fingerprint density at radius 1 is 1.19 bits per heavy atom. The van der Waals surface area contributed by atoms with Crippen LogP contribution in [0.2, 0.25) is 0 Å². The Balaban J connectivity index is 2.12. The molecule has 0 unspecified atom stereocenters. The molecular formula is C20H23F3N2OS. The van der Waals surface area contributed by atoms with Gasteiger partial charge in [-0.2, -0.15) is 13.2 Å². The summed E-state index contributed by atoms with van der Waals surface area (Å²) in [5.41, 5.74) is 3.36. The van der Waals surface area contributed by atoms with Crippen molar-refractivity contribution in [3.8, 4) is 5.75 Å². The van der Waals surface area contributed by atoms with Gasteiger partial charge in [0, 0.05) is 17.5 Å². The van der Waals surface area contributed by atoms with Gasteiger partial charge in [-0.05, 0) is 38.0 Å². The highest BCUT2D eigenvalue weighted by Gasteiger charge is 2.28. The average Bonchev–Trinajstić information content (AvgIpc) is 2.61. The molecule has 2 rings (SSSR count). The molecule has 0 radical (unpaired) electrons. The van der Waals surface area contributed by atoms with Gasteiger partial charge in [0.2, 0.25) is 0 Å². The molecule has 0 spiro atoms. The molecule has 0 atom stereocenters. The average molecular weight is 396 g/mol. The van der Waals surface area contributed by atoms with Gasteiger partial charge < -0.3 is 4.74 Å². The van der Waals surface area contributed by atoms with E-state index in [1.54, 1.807) is 18.7 Å². The van der Waals surface area contributed by atoms with E-state index in [9.17, 15) is 13.2 Å². The molecule has 27 heavy (non-hydrogen) atoms. The molecule has 1 heterocycles. The predicted octanol–water partition coefficient (Wildman–Crippen LogP) is 6.40. The molecule has 1 aromatic carbocycles. The summed E-state index contributed by atoms with van der Waals surface area (Å²) >= 11 is 1.56. The zero-order chi connectivity index (χ0) is 19.9. The van der Waals surface area contributed by atoms with Crippen LogP contribution in [0, 0.1) is 13.8 Å². The van der Waals surface area contributed by atoms with Crippen molar-refractivity contribution < 1.29 is 17.9 Å². The van der Waals surface area contributed by atoms with Gasteiger partial charge >= 0.3 is 6.18 Å². The van der Waals surface area contributed by atoms with Gasteiger partial charge in [-0.15, -0.1) is 11.8 Å². The molecule has 0 amide bonds. The minimum absolute atomic E-state index is 0.214. The first-order valence-corrected chi connectivity index (χ1v) is 9.68. The van der Waals surface area contributed by atoms with E-state index >= 15 is 0 Å². The maximum Gasteiger partial charge on any atom is 0.422 e. The van der Waals surface area contributed by atoms with Gasteiger partial charge in [0.25, 0.3) is 0 Å². The second kappa shape index (κ2) is 9.78. The lowest BCUT2D eigenvalue weighted by molar-refractivity contribution is -0.153. The predicted molar refractivity (Wildman–Crippen MR) is 105 cm³/mol. The van der Waals surface area contributed by atoms with Gasteiger partial charge in [-0.1, -0.05) is 31.5 Å². The van der Waals surface area contributed by atoms with Crippen molar-refractivity contribution in [2.75, 3.05) is 6.61 Å². The molecule has 0 saturated heterocycles. The first-order chi connectivity index (χ1) is 12.8. The van der Waals surface area contributed by atoms with Crippen LogP contribution in [-0.4, -0.2) is 22.8 Å². The molecular weight excluding hydrogens is 373 g/mol. The van der Waals surface area contributed by atoms with E-state index in [2.05, 4.69) is 11.9 Å². The first kappa shape index (κ1) is 21.3. The summed E-state index contributed by atoms with van der Waals surface area (Å²) in [6.45, 7) is 4.52. The number of hydrogen-bond donors (Lipinski definition) is 0. The Morgan fingerprint density at radius 2 is 1.93 bits per heavy atom. The van der Waals surface area contributed by atoms with Crippen molar-refractivity contribution >= 4 is 22.5 Å². The third-order valence-corrected chi connectivity index (χ3v) is 4.90. The summed E-state index contributed by atoms with van der Waals surface area (Å²) in [6.07, 6.45) is -1.09. The number of aryl methyl sites for hydroxylation is 1. The first-order valence-electron chi connectivity index (χ1n) is 8.70. The molecule has 0 saturated carbocycles. The van der Waals surface area contributed by atoms with Crippen LogP contribution in [0.1, 0.15) is 36.6 Å². The van der Waals surface area contributed by atoms with Crippen LogP contribution in [0.5, 0.6) is 5.75 Å². The highest BCUT2D eigenvalue weighted by atomic mass is 32.2. The normalized spacial score (nSPS) is 12.3. The van der Waals surface area contributed by atoms with E-state index in [4.69, 9.17) is 9.73 Å². The number of halogens is 3. The molecule has 0 N–H and O–H groups in total. The summed E-state index contributed by atoms with van der Waals surface area (Å²) in [7, 11) is 0. The Kier molecular flexibility index (Phi) is 7.71. The van der Waals surface area contributed by atoms with E-state index in [0.717, 1.165) is 29.1 Å². The summed E-state index contributed by atoms with van der Waals surface area (Å²) in [5.74, 6) is 0.741. The van der Waals surface area contributed by atoms with E-state index < -0.39 is 12.8 Å². The van der Waals surface area contributed by atoms with Gasteiger partial charge in [0.15, 0.2) is 6.61 Å². The van der Waals surface area contributed by atoms with Crippen LogP contribution in [-0.2, 0) is 5.75 Å². The highest BCUT2D eigenvalue weighted by Crippen LogP contribution is 2.28. The number of benzene rings is 1. The fourth-order valence-electron chi connectivity index (χ4n) is 2.37. The quantitative estimate of drug-likeness (QED) is 0.401. The summed E-state index contributed by atoms with van der Waals surface area (Å²) in [5, 5.41) is 0.981. The van der Waals surface area contributed by atoms with Crippen molar-refractivity contribution in [3.05, 3.63) is 53.3 Å². The van der Waals surface area contributed by atoms with E-state index in [1.807, 2.05) is 31.2 Å². The Hall–Kier alpha value is -2.02. The molecule has 2 aromatic rings. The maximum atomic E-state index is 12.4. The standard InChI is InChI=1S/C20H23F3N2OS/c1-4-7-19(25-16-9-6-5-8-14(16)2)27-12-17-15(3)18(10-11-24-17)26-13-20(21,22)23/h5-6,8-11H,4,7,12-13H2,1-3H3/b25-19+. The third kappa shape index (κ3) is 6.90. The van der Waals surface area contributed by atoms with Crippen LogP contribution in [0.15, 0.2) is 41.5 Å². The van der Waals surface area contributed by atoms with Crippen LogP contribution in [0.4, 0.5) is 18.9 Å². The van der Waals surface area contributed by atoms with Crippen LogP contribution in [0.25, 0.3) is 0 Å². The van der Waals surface area contributed by atoms with Crippen molar-refractivity contribution in [3.63, 3.8) is 0 Å². The minimum Gasteiger partial charge on any atom is -0.484 e. The van der Waals surface area contributed by atoms with Crippen LogP contribution in [0.3, 0.4) is 0 Å². The second-order valence-corrected chi connectivity index (χ2v) is 7.16. The monoisotopic (exact) mass is 396 g/mol. The number of para-hydroxylation sites is 1. The molecule has 0 bridgehead atoms. The molecule has 3 nitrogen and oxygen atoms in total. The van der Waals surface area contributed by atoms with Crippen LogP contribution >= 0.6 is 11.8 Å². The van der Waals surface area contributed by atoms with Crippen molar-refractivity contribution in [1.29, 1.82) is 0 Å². The fourth-order valence-corrected chi connectivity index (χ4v) is 3.48. The number of hydrogen-bond acceptors (Lipinski definition) is 4. The number of aliphatic imine (C=N–C) groups is 1. The van der Waals surface area contributed by atoms with Gasteiger partial charge in [-0.25, -0.2) is 4.99 Å². The molecule has 1 aromatic heterocycles. The lowest BCUT2D eigenvalue weighted by atomic mass is 10.2. The fraction of sp³-hybridized carbons (Fsp3) is 0.400. The summed E-state index contributed by atoms with van der Waals surface area (Å²) in [4.78, 5) is 9.06. The number of pyridine rings is 1. The Labute approximate surface area is 162 Å². The molecule has 0 aliphatic carbocycles. The van der Waals surface area contributed by atoms with Crippen LogP contribution < -0.4 is 4.74 Å². The Bertz CT molecular complexity index is 791. The molecule has 0 fully saturated rings. The summed E-state index contributed by atoms with van der Waals surface area (Å²) in [6, 6.07) is 9.37. The largest absolute Gasteiger partial charge is 0.484 e. The number of alkyl halides is 3. The molecule has 7 heteroatoms. The third-order valence-electron chi connectivity index (χ3n) is 3.85. The van der Waals surface area contributed by atoms with E-state index in [0.29, 0.717) is 17.0 Å². The number of aromatic nitrogens is 1. The lowest BCUT2D eigenvalue weighted by Gasteiger charge is -2.13. The van der Waals surface area contributed by atoms with Gasteiger partial charge in [0.1, 0.15) is 5.75 Å². The highest BCUT2D eigenvalue weighted by molar-refractivity contribution is 8.13. The summed E-state index contributed by atoms with van der Waals surface area (Å²) < 4.78 is 42.1. The molecule has 0 aliphatic heterocycles. The number of rotatable bonds is 7. The number of ether oxygens (including phenoxy) is 1. The molecule has 0 aliphatic rings. The maximum absolute atomic E-state index is 12.4. The van der Waals surface area contributed by atoms with Gasteiger partial charge in [0.05, 0.1) is 16.4 Å².